The second kappa shape index (κ2) is 13.4. The topological polar surface area (TPSA) is 92.8 Å². The first-order valence-corrected chi connectivity index (χ1v) is 12.6. The minimum Gasteiger partial charge on any atom is -0.492 e. The van der Waals surface area contributed by atoms with E-state index in [0.717, 1.165) is 18.8 Å². The first-order valence-electron chi connectivity index (χ1n) is 12.6. The van der Waals surface area contributed by atoms with Crippen molar-refractivity contribution in [1.82, 2.24) is 9.80 Å². The number of nitrogens with zero attached hydrogens (tertiary/aromatic N) is 3. The molecule has 0 unspecified atom stereocenters. The highest BCUT2D eigenvalue weighted by Crippen LogP contribution is 2.39. The first-order chi connectivity index (χ1) is 16.9. The number of piperazine rings is 1. The van der Waals surface area contributed by atoms with Gasteiger partial charge in [-0.05, 0) is 19.8 Å². The Bertz CT molecular complexity index is 835. The maximum atomic E-state index is 12.9. The van der Waals surface area contributed by atoms with Crippen molar-refractivity contribution >= 4 is 23.4 Å². The third-order valence-corrected chi connectivity index (χ3v) is 5.82. The molecule has 0 aliphatic carbocycles. The van der Waals surface area contributed by atoms with Crippen molar-refractivity contribution in [2.45, 2.75) is 27.7 Å². The summed E-state index contributed by atoms with van der Waals surface area (Å²) in [5.74, 6) is 1.49. The summed E-state index contributed by atoms with van der Waals surface area (Å²) in [5.41, 5.74) is 1.53. The van der Waals surface area contributed by atoms with Crippen molar-refractivity contribution < 1.29 is 28.5 Å². The number of benzene rings is 1. The molecule has 2 aliphatic rings. The van der Waals surface area contributed by atoms with Crippen LogP contribution in [0.1, 0.15) is 27.7 Å². The molecule has 0 atom stereocenters. The molecule has 10 nitrogen and oxygen atoms in total. The molecule has 1 N–H and O–H groups in total. The maximum Gasteiger partial charge on any atom is 0.409 e. The summed E-state index contributed by atoms with van der Waals surface area (Å²) in [6.45, 7) is 14.7. The molecule has 3 rings (SSSR count). The lowest BCUT2D eigenvalue weighted by molar-refractivity contribution is -0.117. The van der Waals surface area contributed by atoms with Crippen LogP contribution >= 0.6 is 0 Å². The smallest absolute Gasteiger partial charge is 0.409 e. The van der Waals surface area contributed by atoms with E-state index in [1.54, 1.807) is 4.90 Å². The van der Waals surface area contributed by atoms with Crippen LogP contribution < -0.4 is 19.7 Å². The van der Waals surface area contributed by atoms with E-state index in [4.69, 9.17) is 18.9 Å². The van der Waals surface area contributed by atoms with Gasteiger partial charge in [0, 0.05) is 51.4 Å². The van der Waals surface area contributed by atoms with Crippen LogP contribution in [0.5, 0.6) is 11.5 Å². The number of rotatable bonds is 10. The van der Waals surface area contributed by atoms with Crippen LogP contribution in [0.2, 0.25) is 0 Å². The fourth-order valence-corrected chi connectivity index (χ4v) is 4.05. The van der Waals surface area contributed by atoms with Gasteiger partial charge in [-0.3, -0.25) is 9.69 Å². The summed E-state index contributed by atoms with van der Waals surface area (Å²) in [6.07, 6.45) is -0.284. The first kappa shape index (κ1) is 26.9. The van der Waals surface area contributed by atoms with Crippen LogP contribution in [0.25, 0.3) is 0 Å². The Morgan fingerprint density at radius 1 is 0.971 bits per heavy atom. The molecule has 2 amide bonds. The predicted molar refractivity (Wildman–Crippen MR) is 135 cm³/mol. The van der Waals surface area contributed by atoms with Gasteiger partial charge in [-0.25, -0.2) is 4.79 Å². The Hall–Kier alpha value is -2.72. The van der Waals surface area contributed by atoms with Crippen LogP contribution in [0.3, 0.4) is 0 Å². The summed E-state index contributed by atoms with van der Waals surface area (Å²) >= 11 is 0. The molecule has 1 aromatic carbocycles. The number of amides is 2. The van der Waals surface area contributed by atoms with E-state index >= 15 is 0 Å². The molecule has 1 aromatic rings. The molecule has 2 saturated heterocycles. The maximum absolute atomic E-state index is 12.9. The highest BCUT2D eigenvalue weighted by atomic mass is 16.6. The number of anilines is 2. The quantitative estimate of drug-likeness (QED) is 0.533. The second-order valence-electron chi connectivity index (χ2n) is 9.06. The number of carbonyl (C=O) groups is 2. The van der Waals surface area contributed by atoms with Crippen molar-refractivity contribution in [2.24, 2.45) is 5.92 Å². The number of hydrogen-bond acceptors (Lipinski definition) is 8. The fraction of sp³-hybridized carbons (Fsp3) is 0.680. The van der Waals surface area contributed by atoms with Gasteiger partial charge in [-0.15, -0.1) is 0 Å². The van der Waals surface area contributed by atoms with Crippen LogP contribution in [0.15, 0.2) is 12.1 Å². The van der Waals surface area contributed by atoms with Gasteiger partial charge in [0.25, 0.3) is 0 Å². The SMILES string of the molecule is CCOc1cc(N2CCOCC2)c(OCC)cc1NC(=O)CN1CCN(C(=O)OCC(C)C)CC1. The average molecular weight is 493 g/mol. The lowest BCUT2D eigenvalue weighted by atomic mass is 10.2. The zero-order valence-electron chi connectivity index (χ0n) is 21.5. The highest BCUT2D eigenvalue weighted by Gasteiger charge is 2.25. The van der Waals surface area contributed by atoms with Gasteiger partial charge in [0.2, 0.25) is 5.91 Å². The van der Waals surface area contributed by atoms with Gasteiger partial charge in [0.1, 0.15) is 11.5 Å². The van der Waals surface area contributed by atoms with E-state index in [1.807, 2.05) is 44.7 Å². The number of nitrogens with one attached hydrogen (secondary N) is 1. The third-order valence-electron chi connectivity index (χ3n) is 5.82. The Balaban J connectivity index is 1.61. The van der Waals surface area contributed by atoms with Crippen molar-refractivity contribution in [2.75, 3.05) is 89.1 Å². The van der Waals surface area contributed by atoms with Crippen LogP contribution in [0.4, 0.5) is 16.2 Å². The molecule has 0 spiro atoms. The predicted octanol–water partition coefficient (Wildman–Crippen LogP) is 2.67. The Kier molecular flexibility index (Phi) is 10.3. The van der Waals surface area contributed by atoms with Crippen molar-refractivity contribution in [3.63, 3.8) is 0 Å². The lowest BCUT2D eigenvalue weighted by Crippen LogP contribution is -2.50. The largest absolute Gasteiger partial charge is 0.492 e. The zero-order chi connectivity index (χ0) is 25.2. The molecule has 0 bridgehead atoms. The molecule has 0 radical (unpaired) electrons. The number of ether oxygens (including phenoxy) is 4. The molecule has 2 aliphatic heterocycles. The minimum absolute atomic E-state index is 0.136. The second-order valence-corrected chi connectivity index (χ2v) is 9.06. The van der Waals surface area contributed by atoms with Crippen LogP contribution in [-0.2, 0) is 14.3 Å². The summed E-state index contributed by atoms with van der Waals surface area (Å²) in [5, 5.41) is 3.00. The van der Waals surface area contributed by atoms with E-state index in [2.05, 4.69) is 10.2 Å². The van der Waals surface area contributed by atoms with E-state index in [1.165, 1.54) is 0 Å². The Morgan fingerprint density at radius 3 is 2.26 bits per heavy atom. The summed E-state index contributed by atoms with van der Waals surface area (Å²) in [6, 6.07) is 3.79. The molecule has 196 valence electrons. The average Bonchev–Trinajstić information content (AvgIpc) is 2.85. The van der Waals surface area contributed by atoms with Crippen molar-refractivity contribution in [3.05, 3.63) is 12.1 Å². The minimum atomic E-state index is -0.284. The van der Waals surface area contributed by atoms with Crippen LogP contribution in [-0.4, -0.2) is 101 Å². The number of morpholine rings is 1. The molecule has 2 heterocycles. The normalized spacial score (nSPS) is 16.8. The molecular formula is C25H40N4O6. The fourth-order valence-electron chi connectivity index (χ4n) is 4.05. The third kappa shape index (κ3) is 7.90. The lowest BCUT2D eigenvalue weighted by Gasteiger charge is -2.33. The highest BCUT2D eigenvalue weighted by molar-refractivity contribution is 5.94. The van der Waals surface area contributed by atoms with Crippen LogP contribution in [0, 0.1) is 5.92 Å². The standard InChI is InChI=1S/C25H40N4O6/c1-5-33-22-16-21(28-11-13-32-14-12-28)23(34-6-2)15-20(22)26-24(30)17-27-7-9-29(10-8-27)25(31)35-18-19(3)4/h15-16,19H,5-14,17-18H2,1-4H3,(H,26,30). The number of carbonyl (C=O) groups excluding carboxylic acids is 2. The molecular weight excluding hydrogens is 452 g/mol. The van der Waals surface area contributed by atoms with E-state index < -0.39 is 0 Å². The summed E-state index contributed by atoms with van der Waals surface area (Å²) in [7, 11) is 0. The summed E-state index contributed by atoms with van der Waals surface area (Å²) in [4.78, 5) is 31.0. The molecule has 0 saturated carbocycles. The van der Waals surface area contributed by atoms with Gasteiger partial charge in [0.15, 0.2) is 0 Å². The molecule has 0 aromatic heterocycles. The van der Waals surface area contributed by atoms with Gasteiger partial charge in [-0.2, -0.15) is 0 Å². The van der Waals surface area contributed by atoms with Gasteiger partial charge < -0.3 is 34.1 Å². The Morgan fingerprint density at radius 2 is 1.63 bits per heavy atom. The zero-order valence-corrected chi connectivity index (χ0v) is 21.5. The Labute approximate surface area is 208 Å². The van der Waals surface area contributed by atoms with E-state index in [-0.39, 0.29) is 18.5 Å². The van der Waals surface area contributed by atoms with Gasteiger partial charge in [0.05, 0.1) is 51.0 Å². The molecule has 35 heavy (non-hydrogen) atoms. The van der Waals surface area contributed by atoms with Crippen molar-refractivity contribution in [3.8, 4) is 11.5 Å². The monoisotopic (exact) mass is 492 g/mol. The number of hydrogen-bond donors (Lipinski definition) is 1. The molecule has 2 fully saturated rings. The van der Waals surface area contributed by atoms with Gasteiger partial charge >= 0.3 is 6.09 Å². The van der Waals surface area contributed by atoms with Gasteiger partial charge in [-0.1, -0.05) is 13.8 Å². The molecule has 10 heteroatoms. The van der Waals surface area contributed by atoms with Crippen molar-refractivity contribution in [1.29, 1.82) is 0 Å². The van der Waals surface area contributed by atoms with E-state index in [9.17, 15) is 9.59 Å². The van der Waals surface area contributed by atoms with E-state index in [0.29, 0.717) is 82.3 Å². The summed E-state index contributed by atoms with van der Waals surface area (Å²) < 4.78 is 22.6.